The smallest absolute Gasteiger partial charge is 0.243 e. The van der Waals surface area contributed by atoms with Crippen molar-refractivity contribution in [1.82, 2.24) is 14.3 Å². The van der Waals surface area contributed by atoms with Gasteiger partial charge >= 0.3 is 0 Å². The molecule has 0 aliphatic carbocycles. The third-order valence-electron chi connectivity index (χ3n) is 4.83. The van der Waals surface area contributed by atoms with E-state index in [1.165, 1.54) is 23.5 Å². The van der Waals surface area contributed by atoms with Gasteiger partial charge in [-0.1, -0.05) is 0 Å². The van der Waals surface area contributed by atoms with Gasteiger partial charge in [0.2, 0.25) is 16.0 Å². The summed E-state index contributed by atoms with van der Waals surface area (Å²) in [4.78, 5) is 10.1. The van der Waals surface area contributed by atoms with E-state index in [1.54, 1.807) is 12.1 Å². The van der Waals surface area contributed by atoms with Crippen LogP contribution in [0.3, 0.4) is 0 Å². The molecule has 2 saturated heterocycles. The zero-order chi connectivity index (χ0) is 19.0. The van der Waals surface area contributed by atoms with Crippen LogP contribution in [0.25, 0.3) is 0 Å². The first-order valence-corrected chi connectivity index (χ1v) is 9.93. The first-order valence-electron chi connectivity index (χ1n) is 8.49. The third-order valence-corrected chi connectivity index (χ3v) is 6.67. The first kappa shape index (κ1) is 18.1. The van der Waals surface area contributed by atoms with Gasteiger partial charge in [-0.3, -0.25) is 0 Å². The number of sulfonamides is 1. The van der Waals surface area contributed by atoms with E-state index in [2.05, 4.69) is 9.97 Å². The van der Waals surface area contributed by atoms with Crippen molar-refractivity contribution in [2.24, 2.45) is 0 Å². The molecule has 8 nitrogen and oxygen atoms in total. The summed E-state index contributed by atoms with van der Waals surface area (Å²) in [5.41, 5.74) is 0. The molecular weight excluding hydrogens is 375 g/mol. The van der Waals surface area contributed by atoms with Crippen LogP contribution in [0.5, 0.6) is 5.75 Å². The van der Waals surface area contributed by atoms with Crippen LogP contribution in [0.4, 0.5) is 10.3 Å². The minimum absolute atomic E-state index is 0.200. The number of hydrogen-bond donors (Lipinski definition) is 0. The molecule has 3 heterocycles. The molecule has 27 heavy (non-hydrogen) atoms. The van der Waals surface area contributed by atoms with Gasteiger partial charge in [0, 0.05) is 19.6 Å². The van der Waals surface area contributed by atoms with Gasteiger partial charge in [-0.25, -0.2) is 22.8 Å². The molecule has 0 saturated carbocycles. The number of hydrogen-bond acceptors (Lipinski definition) is 7. The number of rotatable bonds is 4. The molecular formula is C17H19FN4O4S. The third kappa shape index (κ3) is 3.35. The summed E-state index contributed by atoms with van der Waals surface area (Å²) in [7, 11) is -2.14. The fourth-order valence-electron chi connectivity index (χ4n) is 3.45. The van der Waals surface area contributed by atoms with Crippen LogP contribution in [0, 0.1) is 5.82 Å². The zero-order valence-electron chi connectivity index (χ0n) is 14.7. The molecule has 2 atom stereocenters. The molecule has 0 unspecified atom stereocenters. The van der Waals surface area contributed by atoms with Gasteiger partial charge in [-0.2, -0.15) is 4.31 Å². The molecule has 2 aliphatic rings. The lowest BCUT2D eigenvalue weighted by Crippen LogP contribution is -2.51. The Morgan fingerprint density at radius 1 is 1.19 bits per heavy atom. The van der Waals surface area contributed by atoms with E-state index in [0.717, 1.165) is 12.4 Å². The lowest BCUT2D eigenvalue weighted by atomic mass is 10.1. The molecule has 0 radical (unpaired) electrons. The van der Waals surface area contributed by atoms with Crippen LogP contribution in [-0.4, -0.2) is 68.2 Å². The standard InChI is InChI=1S/C17H19FN4O4S/c1-25-13-2-4-14(5-3-13)27(23,24)21-10-15-16(11-21)26-7-6-22(15)17-19-8-12(18)9-20-17/h2-5,8-9,15-16H,6-7,10-11H2,1H3/t15-,16+/m1/s1. The number of methoxy groups -OCH3 is 1. The number of nitrogens with zero attached hydrogens (tertiary/aromatic N) is 4. The molecule has 4 rings (SSSR count). The number of anilines is 1. The predicted octanol–water partition coefficient (Wildman–Crippen LogP) is 0.903. The summed E-state index contributed by atoms with van der Waals surface area (Å²) in [5, 5.41) is 0. The molecule has 1 aromatic carbocycles. The Hall–Kier alpha value is -2.30. The number of morpholine rings is 1. The van der Waals surface area contributed by atoms with Crippen LogP contribution < -0.4 is 9.64 Å². The number of benzene rings is 1. The fraction of sp³-hybridized carbons (Fsp3) is 0.412. The molecule has 2 aliphatic heterocycles. The Morgan fingerprint density at radius 3 is 2.56 bits per heavy atom. The minimum atomic E-state index is -3.66. The first-order chi connectivity index (χ1) is 13.0. The highest BCUT2D eigenvalue weighted by molar-refractivity contribution is 7.89. The van der Waals surface area contributed by atoms with E-state index >= 15 is 0 Å². The van der Waals surface area contributed by atoms with E-state index in [4.69, 9.17) is 9.47 Å². The maximum Gasteiger partial charge on any atom is 0.243 e. The van der Waals surface area contributed by atoms with E-state index < -0.39 is 15.8 Å². The quantitative estimate of drug-likeness (QED) is 0.762. The Morgan fingerprint density at radius 2 is 1.89 bits per heavy atom. The van der Waals surface area contributed by atoms with Crippen molar-refractivity contribution >= 4 is 16.0 Å². The molecule has 144 valence electrons. The second kappa shape index (κ2) is 7.02. The average molecular weight is 394 g/mol. The average Bonchev–Trinajstić information content (AvgIpc) is 3.14. The van der Waals surface area contributed by atoms with Crippen molar-refractivity contribution in [3.05, 3.63) is 42.5 Å². The summed E-state index contributed by atoms with van der Waals surface area (Å²) in [6, 6.07) is 6.06. The number of ether oxygens (including phenoxy) is 2. The van der Waals surface area contributed by atoms with Gasteiger partial charge in [0.25, 0.3) is 0 Å². The summed E-state index contributed by atoms with van der Waals surface area (Å²) >= 11 is 0. The van der Waals surface area contributed by atoms with E-state index in [0.29, 0.717) is 24.8 Å². The molecule has 10 heteroatoms. The highest BCUT2D eigenvalue weighted by Crippen LogP contribution is 2.30. The molecule has 2 aromatic rings. The summed E-state index contributed by atoms with van der Waals surface area (Å²) in [6.45, 7) is 1.44. The molecule has 0 bridgehead atoms. The van der Waals surface area contributed by atoms with Gasteiger partial charge in [-0.05, 0) is 24.3 Å². The lowest BCUT2D eigenvalue weighted by Gasteiger charge is -2.36. The van der Waals surface area contributed by atoms with Gasteiger partial charge in [0.05, 0.1) is 43.2 Å². The zero-order valence-corrected chi connectivity index (χ0v) is 15.5. The minimum Gasteiger partial charge on any atom is -0.497 e. The molecule has 0 spiro atoms. The van der Waals surface area contributed by atoms with Crippen molar-refractivity contribution in [3.63, 3.8) is 0 Å². The Labute approximate surface area is 156 Å². The fourth-order valence-corrected chi connectivity index (χ4v) is 4.92. The second-order valence-electron chi connectivity index (χ2n) is 6.37. The Bertz CT molecular complexity index is 908. The van der Waals surface area contributed by atoms with Gasteiger partial charge in [0.15, 0.2) is 5.82 Å². The van der Waals surface area contributed by atoms with Crippen LogP contribution in [0.1, 0.15) is 0 Å². The molecule has 0 N–H and O–H groups in total. The van der Waals surface area contributed by atoms with Crippen molar-refractivity contribution in [1.29, 1.82) is 0 Å². The van der Waals surface area contributed by atoms with Crippen LogP contribution in [0.15, 0.2) is 41.6 Å². The number of fused-ring (bicyclic) bond motifs is 1. The molecule has 1 aromatic heterocycles. The largest absolute Gasteiger partial charge is 0.497 e. The molecule has 2 fully saturated rings. The normalized spacial score (nSPS) is 23.3. The maximum absolute atomic E-state index is 13.1. The van der Waals surface area contributed by atoms with Crippen molar-refractivity contribution in [2.75, 3.05) is 38.3 Å². The van der Waals surface area contributed by atoms with Crippen LogP contribution in [0.2, 0.25) is 0 Å². The van der Waals surface area contributed by atoms with Crippen LogP contribution >= 0.6 is 0 Å². The maximum atomic E-state index is 13.1. The van der Waals surface area contributed by atoms with E-state index in [1.807, 2.05) is 4.90 Å². The van der Waals surface area contributed by atoms with Gasteiger partial charge in [0.1, 0.15) is 5.75 Å². The van der Waals surface area contributed by atoms with Crippen molar-refractivity contribution < 1.29 is 22.3 Å². The highest BCUT2D eigenvalue weighted by atomic mass is 32.2. The number of halogens is 1. The summed E-state index contributed by atoms with van der Waals surface area (Å²) < 4.78 is 51.4. The predicted molar refractivity (Wildman–Crippen MR) is 94.6 cm³/mol. The topological polar surface area (TPSA) is 84.9 Å². The highest BCUT2D eigenvalue weighted by Gasteiger charge is 2.45. The Balaban J connectivity index is 1.57. The monoisotopic (exact) mass is 394 g/mol. The van der Waals surface area contributed by atoms with Crippen molar-refractivity contribution in [2.45, 2.75) is 17.0 Å². The lowest BCUT2D eigenvalue weighted by molar-refractivity contribution is 0.0325. The second-order valence-corrected chi connectivity index (χ2v) is 8.31. The summed E-state index contributed by atoms with van der Waals surface area (Å²) in [5.74, 6) is 0.448. The van der Waals surface area contributed by atoms with Crippen molar-refractivity contribution in [3.8, 4) is 5.75 Å². The molecule has 0 amide bonds. The van der Waals surface area contributed by atoms with Gasteiger partial charge in [-0.15, -0.1) is 0 Å². The summed E-state index contributed by atoms with van der Waals surface area (Å²) in [6.07, 6.45) is 1.92. The van der Waals surface area contributed by atoms with E-state index in [9.17, 15) is 12.8 Å². The van der Waals surface area contributed by atoms with Crippen LogP contribution in [-0.2, 0) is 14.8 Å². The SMILES string of the molecule is COc1ccc(S(=O)(=O)N2C[C@@H]3OCCN(c4ncc(F)cn4)[C@@H]3C2)cc1. The van der Waals surface area contributed by atoms with Gasteiger partial charge < -0.3 is 14.4 Å². The van der Waals surface area contributed by atoms with E-state index in [-0.39, 0.29) is 30.1 Å². The Kier molecular flexibility index (Phi) is 4.70. The number of aromatic nitrogens is 2.